The van der Waals surface area contributed by atoms with E-state index < -0.39 is 0 Å². The number of nitrogens with zero attached hydrogens (tertiary/aromatic N) is 2. The van der Waals surface area contributed by atoms with E-state index in [9.17, 15) is 9.18 Å². The first-order valence-corrected chi connectivity index (χ1v) is 7.28. The van der Waals surface area contributed by atoms with Gasteiger partial charge in [0.1, 0.15) is 12.4 Å². The van der Waals surface area contributed by atoms with Gasteiger partial charge in [-0.2, -0.15) is 0 Å². The van der Waals surface area contributed by atoms with Crippen molar-refractivity contribution in [1.82, 2.24) is 4.90 Å². The summed E-state index contributed by atoms with van der Waals surface area (Å²) in [5.74, 6) is -0.216. The van der Waals surface area contributed by atoms with Crippen LogP contribution in [0.2, 0.25) is 0 Å². The Morgan fingerprint density at radius 1 is 1.19 bits per heavy atom. The molecule has 0 unspecified atom stereocenters. The summed E-state index contributed by atoms with van der Waals surface area (Å²) in [4.78, 5) is 15.8. The topological polar surface area (TPSA) is 32.8 Å². The van der Waals surface area contributed by atoms with Crippen LogP contribution in [0, 0.1) is 5.82 Å². The fourth-order valence-corrected chi connectivity index (χ4v) is 2.27. The van der Waals surface area contributed by atoms with E-state index in [2.05, 4.69) is 0 Å². The number of para-hydroxylation sites is 1. The lowest BCUT2D eigenvalue weighted by molar-refractivity contribution is -0.141. The van der Waals surface area contributed by atoms with E-state index in [1.165, 1.54) is 6.07 Å². The molecule has 4 nitrogen and oxygen atoms in total. The van der Waals surface area contributed by atoms with E-state index in [1.54, 1.807) is 17.0 Å². The summed E-state index contributed by atoms with van der Waals surface area (Å²) >= 11 is 0. The van der Waals surface area contributed by atoms with Gasteiger partial charge < -0.3 is 14.5 Å². The van der Waals surface area contributed by atoms with E-state index in [0.717, 1.165) is 0 Å². The van der Waals surface area contributed by atoms with Crippen LogP contribution in [0.15, 0.2) is 24.3 Å². The number of rotatable bonds is 3. The van der Waals surface area contributed by atoms with Gasteiger partial charge >= 0.3 is 0 Å². The number of amides is 1. The van der Waals surface area contributed by atoms with E-state index >= 15 is 0 Å². The van der Waals surface area contributed by atoms with Gasteiger partial charge in [0.25, 0.3) is 0 Å². The zero-order valence-corrected chi connectivity index (χ0v) is 12.9. The SMILES string of the molecule is CC(C)(C)OCC(=O)N1CCN(c2ccccc2F)CC1. The number of hydrogen-bond acceptors (Lipinski definition) is 3. The third kappa shape index (κ3) is 4.43. The van der Waals surface area contributed by atoms with Crippen molar-refractivity contribution in [3.8, 4) is 0 Å². The lowest BCUT2D eigenvalue weighted by Crippen LogP contribution is -2.50. The summed E-state index contributed by atoms with van der Waals surface area (Å²) in [7, 11) is 0. The maximum Gasteiger partial charge on any atom is 0.248 e. The van der Waals surface area contributed by atoms with Crippen molar-refractivity contribution in [3.63, 3.8) is 0 Å². The first-order chi connectivity index (χ1) is 9.87. The Bertz CT molecular complexity index is 491. The molecule has 21 heavy (non-hydrogen) atoms. The molecule has 1 heterocycles. The molecular formula is C16H23FN2O2. The Morgan fingerprint density at radius 3 is 2.38 bits per heavy atom. The number of hydrogen-bond donors (Lipinski definition) is 0. The average molecular weight is 294 g/mol. The number of anilines is 1. The predicted octanol–water partition coefficient (Wildman–Crippen LogP) is 2.29. The van der Waals surface area contributed by atoms with Gasteiger partial charge in [0.2, 0.25) is 5.91 Å². The largest absolute Gasteiger partial charge is 0.366 e. The van der Waals surface area contributed by atoms with Crippen LogP contribution < -0.4 is 4.90 Å². The van der Waals surface area contributed by atoms with E-state index in [4.69, 9.17) is 4.74 Å². The highest BCUT2D eigenvalue weighted by Gasteiger charge is 2.23. The van der Waals surface area contributed by atoms with Crippen LogP contribution in [0.1, 0.15) is 20.8 Å². The molecule has 2 rings (SSSR count). The minimum absolute atomic E-state index is 0.00175. The monoisotopic (exact) mass is 294 g/mol. The van der Waals surface area contributed by atoms with E-state index in [0.29, 0.717) is 31.9 Å². The van der Waals surface area contributed by atoms with Gasteiger partial charge in [-0.05, 0) is 32.9 Å². The number of carbonyl (C=O) groups excluding carboxylic acids is 1. The van der Waals surface area contributed by atoms with Crippen molar-refractivity contribution in [3.05, 3.63) is 30.1 Å². The van der Waals surface area contributed by atoms with Gasteiger partial charge in [-0.25, -0.2) is 4.39 Å². The summed E-state index contributed by atoms with van der Waals surface area (Å²) < 4.78 is 19.2. The Kier molecular flexibility index (Phi) is 4.83. The van der Waals surface area contributed by atoms with E-state index in [1.807, 2.05) is 31.7 Å². The third-order valence-corrected chi connectivity index (χ3v) is 3.45. The number of ether oxygens (including phenoxy) is 1. The molecule has 1 saturated heterocycles. The second-order valence-corrected chi connectivity index (χ2v) is 6.22. The van der Waals surface area contributed by atoms with Crippen molar-refractivity contribution in [2.45, 2.75) is 26.4 Å². The standard InChI is InChI=1S/C16H23FN2O2/c1-16(2,3)21-12-15(20)19-10-8-18(9-11-19)14-7-5-4-6-13(14)17/h4-7H,8-12H2,1-3H3. The van der Waals surface area contributed by atoms with Crippen LogP contribution in [0.25, 0.3) is 0 Å². The third-order valence-electron chi connectivity index (χ3n) is 3.45. The zero-order chi connectivity index (χ0) is 15.5. The fraction of sp³-hybridized carbons (Fsp3) is 0.562. The molecule has 1 aliphatic rings. The van der Waals surface area contributed by atoms with Crippen LogP contribution in [0.4, 0.5) is 10.1 Å². The highest BCUT2D eigenvalue weighted by Crippen LogP contribution is 2.20. The summed E-state index contributed by atoms with van der Waals surface area (Å²) in [5, 5.41) is 0. The van der Waals surface area contributed by atoms with Gasteiger partial charge in [0.15, 0.2) is 0 Å². The molecule has 0 aromatic heterocycles. The summed E-state index contributed by atoms with van der Waals surface area (Å²) in [5.41, 5.74) is 0.292. The quantitative estimate of drug-likeness (QED) is 0.857. The molecule has 0 bridgehead atoms. The van der Waals surface area contributed by atoms with Crippen molar-refractivity contribution in [2.75, 3.05) is 37.7 Å². The molecule has 0 radical (unpaired) electrons. The average Bonchev–Trinajstić information content (AvgIpc) is 2.45. The van der Waals surface area contributed by atoms with E-state index in [-0.39, 0.29) is 23.9 Å². The highest BCUT2D eigenvalue weighted by molar-refractivity contribution is 5.77. The van der Waals surface area contributed by atoms with Gasteiger partial charge in [-0.15, -0.1) is 0 Å². The zero-order valence-electron chi connectivity index (χ0n) is 12.9. The molecule has 5 heteroatoms. The van der Waals surface area contributed by atoms with Crippen molar-refractivity contribution < 1.29 is 13.9 Å². The Morgan fingerprint density at radius 2 is 1.81 bits per heavy atom. The highest BCUT2D eigenvalue weighted by atomic mass is 19.1. The maximum atomic E-state index is 13.7. The molecule has 1 fully saturated rings. The van der Waals surface area contributed by atoms with Crippen LogP contribution in [0.3, 0.4) is 0 Å². The molecule has 0 spiro atoms. The molecule has 0 N–H and O–H groups in total. The van der Waals surface area contributed by atoms with Gasteiger partial charge in [-0.3, -0.25) is 4.79 Å². The van der Waals surface area contributed by atoms with Crippen LogP contribution >= 0.6 is 0 Å². The molecule has 0 aliphatic carbocycles. The van der Waals surface area contributed by atoms with Crippen LogP contribution in [-0.2, 0) is 9.53 Å². The molecule has 116 valence electrons. The summed E-state index contributed by atoms with van der Waals surface area (Å²) in [6, 6.07) is 6.75. The van der Waals surface area contributed by atoms with Crippen LogP contribution in [-0.4, -0.2) is 49.2 Å². The maximum absolute atomic E-state index is 13.7. The van der Waals surface area contributed by atoms with Crippen molar-refractivity contribution in [2.24, 2.45) is 0 Å². The van der Waals surface area contributed by atoms with Crippen molar-refractivity contribution in [1.29, 1.82) is 0 Å². The van der Waals surface area contributed by atoms with Crippen LogP contribution in [0.5, 0.6) is 0 Å². The smallest absolute Gasteiger partial charge is 0.248 e. The molecule has 1 aromatic rings. The Balaban J connectivity index is 1.86. The minimum Gasteiger partial charge on any atom is -0.366 e. The molecule has 1 amide bonds. The summed E-state index contributed by atoms with van der Waals surface area (Å²) in [6.45, 7) is 8.36. The normalized spacial score (nSPS) is 16.2. The molecule has 1 aromatic carbocycles. The number of halogens is 1. The van der Waals surface area contributed by atoms with Gasteiger partial charge in [-0.1, -0.05) is 12.1 Å². The lowest BCUT2D eigenvalue weighted by Gasteiger charge is -2.36. The lowest BCUT2D eigenvalue weighted by atomic mass is 10.2. The first-order valence-electron chi connectivity index (χ1n) is 7.28. The first kappa shape index (κ1) is 15.8. The van der Waals surface area contributed by atoms with Gasteiger partial charge in [0.05, 0.1) is 11.3 Å². The predicted molar refractivity (Wildman–Crippen MR) is 80.9 cm³/mol. The second-order valence-electron chi connectivity index (χ2n) is 6.22. The van der Waals surface area contributed by atoms with Gasteiger partial charge in [0, 0.05) is 26.2 Å². The molecule has 0 saturated carbocycles. The molecule has 0 atom stereocenters. The fourth-order valence-electron chi connectivity index (χ4n) is 2.27. The second kappa shape index (κ2) is 6.43. The molecular weight excluding hydrogens is 271 g/mol. The minimum atomic E-state index is -0.315. The van der Waals surface area contributed by atoms with Crippen molar-refractivity contribution >= 4 is 11.6 Å². The Labute approximate surface area is 125 Å². The number of carbonyl (C=O) groups is 1. The number of benzene rings is 1. The number of piperazine rings is 1. The molecule has 1 aliphatic heterocycles. The summed E-state index contributed by atoms with van der Waals surface area (Å²) in [6.07, 6.45) is 0. The Hall–Kier alpha value is -1.62.